The zero-order valence-corrected chi connectivity index (χ0v) is 31.4. The molecule has 3 aromatic rings. The number of hydrogen-bond donors (Lipinski definition) is 4. The molecule has 52 heavy (non-hydrogen) atoms. The predicted octanol–water partition coefficient (Wildman–Crippen LogP) is 7.25. The molecule has 0 saturated carbocycles. The predicted molar refractivity (Wildman–Crippen MR) is 200 cm³/mol. The van der Waals surface area contributed by atoms with Crippen molar-refractivity contribution < 1.29 is 39.3 Å². The van der Waals surface area contributed by atoms with Crippen molar-refractivity contribution in [1.82, 2.24) is 14.8 Å². The Labute approximate surface area is 321 Å². The van der Waals surface area contributed by atoms with Crippen molar-refractivity contribution >= 4 is 87.0 Å². The Morgan fingerprint density at radius 3 is 2.17 bits per heavy atom. The van der Waals surface area contributed by atoms with Crippen molar-refractivity contribution in [3.05, 3.63) is 82.5 Å². The number of amides is 2. The summed E-state index contributed by atoms with van der Waals surface area (Å²) < 4.78 is -0.750. The van der Waals surface area contributed by atoms with E-state index in [1.54, 1.807) is 0 Å². The van der Waals surface area contributed by atoms with Gasteiger partial charge in [0.1, 0.15) is 0 Å². The maximum Gasteiger partial charge on any atom is 0.331 e. The van der Waals surface area contributed by atoms with Gasteiger partial charge in [0, 0.05) is 52.7 Å². The monoisotopic (exact) mass is 795 g/mol. The van der Waals surface area contributed by atoms with E-state index in [9.17, 15) is 29.1 Å². The number of aromatic nitrogens is 1. The van der Waals surface area contributed by atoms with Crippen LogP contribution in [0.2, 0.25) is 5.02 Å². The molecular formula is C37H41Cl4N3O8. The van der Waals surface area contributed by atoms with Crippen LogP contribution in [0.5, 0.6) is 0 Å². The summed E-state index contributed by atoms with van der Waals surface area (Å²) in [6, 6.07) is 15.9. The van der Waals surface area contributed by atoms with E-state index in [1.165, 1.54) is 0 Å². The highest BCUT2D eigenvalue weighted by Gasteiger charge is 2.59. The Morgan fingerprint density at radius 1 is 0.942 bits per heavy atom. The molecule has 0 spiro atoms. The van der Waals surface area contributed by atoms with Crippen LogP contribution in [0.1, 0.15) is 61.8 Å². The number of fused-ring (bicyclic) bond motifs is 5. The molecule has 2 fully saturated rings. The number of rotatable bonds is 9. The van der Waals surface area contributed by atoms with Gasteiger partial charge in [0.25, 0.3) is 0 Å². The molecule has 2 amide bonds. The van der Waals surface area contributed by atoms with Crippen molar-refractivity contribution in [2.75, 3.05) is 19.6 Å². The molecule has 4 heterocycles. The Kier molecular flexibility index (Phi) is 14.4. The number of benzene rings is 2. The second-order valence-corrected chi connectivity index (χ2v) is 15.4. The molecule has 0 unspecified atom stereocenters. The summed E-state index contributed by atoms with van der Waals surface area (Å²) in [7, 11) is 0. The highest BCUT2D eigenvalue weighted by atomic mass is 35.6. The number of carbonyl (C=O) groups excluding carboxylic acids is 2. The fourth-order valence-corrected chi connectivity index (χ4v) is 7.74. The normalized spacial score (nSPS) is 20.8. The van der Waals surface area contributed by atoms with E-state index in [4.69, 9.17) is 56.6 Å². The topological polar surface area (TPSA) is 168 Å². The van der Waals surface area contributed by atoms with Gasteiger partial charge in [0.15, 0.2) is 4.30 Å². The third-order valence-electron chi connectivity index (χ3n) is 9.77. The van der Waals surface area contributed by atoms with Crippen LogP contribution < -0.4 is 0 Å². The smallest absolute Gasteiger partial charge is 0.331 e. The lowest BCUT2D eigenvalue weighted by Gasteiger charge is -2.56. The number of aryl methyl sites for hydroxylation is 1. The van der Waals surface area contributed by atoms with Crippen LogP contribution >= 0.6 is 46.4 Å². The van der Waals surface area contributed by atoms with Crippen LogP contribution in [0.4, 0.5) is 0 Å². The van der Waals surface area contributed by atoms with Crippen LogP contribution in [0.3, 0.4) is 0 Å². The first-order valence-electron chi connectivity index (χ1n) is 16.9. The zero-order chi connectivity index (χ0) is 38.2. The molecule has 1 aromatic heterocycles. The number of nitrogens with one attached hydrogen (secondary N) is 1. The standard InChI is InChI=1S/C31H34ClN3O4.C5H6O4.CHCl3/c32-22-9-10-26-24(19-22)23-12-16-35-29(38)21(18-27(36)37)17-25(30(39)34-14-5-2-6-15-34)31(35,28(23)33-26)13-11-20-7-3-1-4-8-20;1-3(5(8)9)2-4(6)7;2-1(3)4/h1,3-4,7-10,19,21,25,33H,2,5-6,11-18H2,(H,36,37);1-2H2,(H,6,7)(H,8,9);1H/t21-,25-,31+;;/m1../s1. The van der Waals surface area contributed by atoms with Crippen LogP contribution in [-0.2, 0) is 42.4 Å². The summed E-state index contributed by atoms with van der Waals surface area (Å²) in [6.45, 7) is 4.87. The molecule has 0 radical (unpaired) electrons. The van der Waals surface area contributed by atoms with E-state index in [0.717, 1.165) is 47.0 Å². The summed E-state index contributed by atoms with van der Waals surface area (Å²) >= 11 is 20.8. The molecule has 15 heteroatoms. The summed E-state index contributed by atoms with van der Waals surface area (Å²) in [5, 5.41) is 27.4. The third kappa shape index (κ3) is 9.80. The number of aromatic amines is 1. The number of likely N-dealkylation sites (tertiary alicyclic amines) is 1. The lowest BCUT2D eigenvalue weighted by Crippen LogP contribution is -2.66. The number of aliphatic carboxylic acids is 3. The van der Waals surface area contributed by atoms with Crippen LogP contribution in [-0.4, -0.2) is 83.8 Å². The highest BCUT2D eigenvalue weighted by molar-refractivity contribution is 6.63. The number of hydrogen-bond acceptors (Lipinski definition) is 5. The molecule has 2 aromatic carbocycles. The minimum Gasteiger partial charge on any atom is -0.481 e. The van der Waals surface area contributed by atoms with Crippen LogP contribution in [0, 0.1) is 11.8 Å². The number of carbonyl (C=O) groups is 5. The van der Waals surface area contributed by atoms with Gasteiger partial charge in [0.2, 0.25) is 11.8 Å². The zero-order valence-electron chi connectivity index (χ0n) is 28.3. The van der Waals surface area contributed by atoms with E-state index in [-0.39, 0.29) is 30.2 Å². The van der Waals surface area contributed by atoms with Gasteiger partial charge >= 0.3 is 17.9 Å². The molecule has 6 rings (SSSR count). The SMILES string of the molecule is C=C(CC(=O)O)C(=O)O.ClC(Cl)Cl.O=C(O)C[C@H]1C[C@H](C(=O)N2CCCCC2)[C@@]2(CCc3ccccc3)c3[nH]c4ccc(Cl)cc4c3CCN2C1=O. The summed E-state index contributed by atoms with van der Waals surface area (Å²) in [4.78, 5) is 67.4. The molecule has 3 atom stereocenters. The van der Waals surface area contributed by atoms with Crippen molar-refractivity contribution in [3.63, 3.8) is 0 Å². The molecule has 4 N–H and O–H groups in total. The minimum absolute atomic E-state index is 0.0418. The molecule has 3 aliphatic rings. The summed E-state index contributed by atoms with van der Waals surface area (Å²) in [6.07, 6.45) is 4.39. The van der Waals surface area contributed by atoms with Crippen molar-refractivity contribution in [1.29, 1.82) is 0 Å². The average molecular weight is 798 g/mol. The van der Waals surface area contributed by atoms with Crippen molar-refractivity contribution in [2.45, 2.75) is 67.6 Å². The maximum atomic E-state index is 14.4. The average Bonchev–Trinajstić information content (AvgIpc) is 3.47. The van der Waals surface area contributed by atoms with Gasteiger partial charge in [-0.1, -0.05) is 83.3 Å². The first kappa shape index (κ1) is 41.0. The quantitative estimate of drug-likeness (QED) is 0.130. The summed E-state index contributed by atoms with van der Waals surface area (Å²) in [5.41, 5.74) is 2.91. The lowest BCUT2D eigenvalue weighted by molar-refractivity contribution is -0.168. The Morgan fingerprint density at radius 2 is 1.60 bits per heavy atom. The minimum atomic E-state index is -1.27. The van der Waals surface area contributed by atoms with E-state index in [2.05, 4.69) is 23.7 Å². The van der Waals surface area contributed by atoms with Crippen molar-refractivity contribution in [3.8, 4) is 0 Å². The van der Waals surface area contributed by atoms with Gasteiger partial charge in [0.05, 0.1) is 24.3 Å². The number of H-pyrrole nitrogens is 1. The van der Waals surface area contributed by atoms with Gasteiger partial charge in [-0.25, -0.2) is 4.79 Å². The fraction of sp³-hybridized carbons (Fsp3) is 0.432. The number of halogens is 4. The largest absolute Gasteiger partial charge is 0.481 e. The number of nitrogens with zero attached hydrogens (tertiary/aromatic N) is 2. The Balaban J connectivity index is 0.000000400. The maximum absolute atomic E-state index is 14.4. The van der Waals surface area contributed by atoms with E-state index >= 15 is 0 Å². The van der Waals surface area contributed by atoms with Gasteiger partial charge in [-0.05, 0) is 74.3 Å². The van der Waals surface area contributed by atoms with E-state index in [0.29, 0.717) is 43.9 Å². The number of alkyl halides is 3. The molecular weight excluding hydrogens is 756 g/mol. The van der Waals surface area contributed by atoms with Crippen LogP contribution in [0.15, 0.2) is 60.7 Å². The Hall–Kier alpha value is -3.77. The second kappa shape index (κ2) is 18.3. The molecule has 11 nitrogen and oxygen atoms in total. The second-order valence-electron chi connectivity index (χ2n) is 13.0. The molecule has 0 aliphatic carbocycles. The van der Waals surface area contributed by atoms with Gasteiger partial charge < -0.3 is 30.1 Å². The molecule has 2 saturated heterocycles. The number of piperidine rings is 2. The van der Waals surface area contributed by atoms with Crippen LogP contribution in [0.25, 0.3) is 10.9 Å². The molecule has 0 bridgehead atoms. The highest BCUT2D eigenvalue weighted by Crippen LogP contribution is 2.53. The van der Waals surface area contributed by atoms with E-state index < -0.39 is 46.0 Å². The van der Waals surface area contributed by atoms with Gasteiger partial charge in [-0.2, -0.15) is 0 Å². The van der Waals surface area contributed by atoms with E-state index in [1.807, 2.05) is 46.2 Å². The van der Waals surface area contributed by atoms with Gasteiger partial charge in [-0.3, -0.25) is 19.2 Å². The first-order valence-corrected chi connectivity index (χ1v) is 18.6. The summed E-state index contributed by atoms with van der Waals surface area (Å²) in [5.74, 6) is -4.82. The fourth-order valence-electron chi connectivity index (χ4n) is 7.57. The van der Waals surface area contributed by atoms with Crippen molar-refractivity contribution in [2.24, 2.45) is 11.8 Å². The third-order valence-corrected chi connectivity index (χ3v) is 10.0. The number of carboxylic acids is 3. The lowest BCUT2D eigenvalue weighted by atomic mass is 9.64. The Bertz CT molecular complexity index is 1790. The number of carboxylic acid groups (broad SMARTS) is 3. The molecule has 3 aliphatic heterocycles. The first-order chi connectivity index (χ1) is 24.6. The molecule has 280 valence electrons. The van der Waals surface area contributed by atoms with Gasteiger partial charge in [-0.15, -0.1) is 0 Å².